The quantitative estimate of drug-likeness (QED) is 0.791. The van der Waals surface area contributed by atoms with Crippen molar-refractivity contribution in [1.29, 1.82) is 0 Å². The number of carbonyl (C=O) groups excluding carboxylic acids is 1. The fourth-order valence-corrected chi connectivity index (χ4v) is 2.28. The topological polar surface area (TPSA) is 40.5 Å². The van der Waals surface area contributed by atoms with Gasteiger partial charge in [0.15, 0.2) is 0 Å². The van der Waals surface area contributed by atoms with Crippen molar-refractivity contribution in [3.05, 3.63) is 0 Å². The molecule has 1 amide bonds. The summed E-state index contributed by atoms with van der Waals surface area (Å²) < 4.78 is 36.7. The Bertz CT molecular complexity index is 301. The summed E-state index contributed by atoms with van der Waals surface area (Å²) in [5.74, 6) is -0.834. The molecule has 1 saturated heterocycles. The first-order chi connectivity index (χ1) is 8.03. The van der Waals surface area contributed by atoms with Crippen molar-refractivity contribution in [1.82, 2.24) is 4.90 Å². The van der Waals surface area contributed by atoms with E-state index in [0.717, 1.165) is 4.90 Å². The molecule has 0 spiro atoms. The summed E-state index contributed by atoms with van der Waals surface area (Å²) in [6.07, 6.45) is -6.40. The van der Waals surface area contributed by atoms with E-state index < -0.39 is 18.2 Å². The molecule has 3 nitrogen and oxygen atoms in total. The van der Waals surface area contributed by atoms with Gasteiger partial charge in [-0.2, -0.15) is 13.2 Å². The fraction of sp³-hybridized carbons (Fsp3) is 0.917. The van der Waals surface area contributed by atoms with Crippen LogP contribution >= 0.6 is 0 Å². The molecule has 1 rings (SSSR count). The Balaban J connectivity index is 2.56. The lowest BCUT2D eigenvalue weighted by Crippen LogP contribution is -2.50. The largest absolute Gasteiger partial charge is 0.423 e. The molecule has 18 heavy (non-hydrogen) atoms. The van der Waals surface area contributed by atoms with Crippen LogP contribution < -0.4 is 0 Å². The fourth-order valence-electron chi connectivity index (χ4n) is 2.28. The smallest absolute Gasteiger partial charge is 0.376 e. The molecule has 0 saturated carbocycles. The summed E-state index contributed by atoms with van der Waals surface area (Å²) in [4.78, 5) is 12.6. The molecule has 0 aromatic rings. The minimum atomic E-state index is -4.88. The van der Waals surface area contributed by atoms with Crippen LogP contribution in [0.15, 0.2) is 0 Å². The van der Waals surface area contributed by atoms with E-state index in [2.05, 4.69) is 20.8 Å². The Kier molecular flexibility index (Phi) is 4.30. The average molecular weight is 267 g/mol. The van der Waals surface area contributed by atoms with E-state index >= 15 is 0 Å². The van der Waals surface area contributed by atoms with Crippen molar-refractivity contribution in [3.8, 4) is 0 Å². The van der Waals surface area contributed by atoms with Crippen LogP contribution in [-0.2, 0) is 4.79 Å². The maximum atomic E-state index is 12.2. The third-order valence-corrected chi connectivity index (χ3v) is 3.58. The molecular weight excluding hydrogens is 247 g/mol. The first-order valence-electron chi connectivity index (χ1n) is 6.07. The Hall–Kier alpha value is -0.780. The van der Waals surface area contributed by atoms with Gasteiger partial charge >= 0.3 is 6.18 Å². The summed E-state index contributed by atoms with van der Waals surface area (Å²) in [5, 5.41) is 8.92. The molecule has 1 atom stereocenters. The normalized spacial score (nSPS) is 20.9. The van der Waals surface area contributed by atoms with Gasteiger partial charge in [-0.25, -0.2) is 0 Å². The number of hydrogen-bond donors (Lipinski definition) is 1. The number of aliphatic hydroxyl groups is 1. The summed E-state index contributed by atoms with van der Waals surface area (Å²) in [6, 6.07) is 0. The average Bonchev–Trinajstić information content (AvgIpc) is 2.25. The SMILES string of the molecule is CC(C)(C)C1CCN(C(=O)C(O)C(F)(F)F)CC1. The second-order valence-electron chi connectivity index (χ2n) is 5.91. The van der Waals surface area contributed by atoms with Crippen LogP contribution in [0.25, 0.3) is 0 Å². The molecule has 1 aliphatic heterocycles. The maximum Gasteiger partial charge on any atom is 0.423 e. The van der Waals surface area contributed by atoms with Crippen molar-refractivity contribution >= 4 is 5.91 Å². The van der Waals surface area contributed by atoms with Gasteiger partial charge in [-0.1, -0.05) is 20.8 Å². The number of carbonyl (C=O) groups is 1. The van der Waals surface area contributed by atoms with Crippen LogP contribution in [-0.4, -0.2) is 41.3 Å². The molecule has 0 aromatic carbocycles. The van der Waals surface area contributed by atoms with Crippen LogP contribution in [0, 0.1) is 11.3 Å². The van der Waals surface area contributed by atoms with Crippen LogP contribution in [0.2, 0.25) is 0 Å². The summed E-state index contributed by atoms with van der Waals surface area (Å²) in [5.41, 5.74) is 0.0950. The van der Waals surface area contributed by atoms with E-state index in [1.165, 1.54) is 0 Å². The summed E-state index contributed by atoms with van der Waals surface area (Å²) in [7, 11) is 0. The molecule has 6 heteroatoms. The number of halogens is 3. The number of alkyl halides is 3. The van der Waals surface area contributed by atoms with E-state index in [1.54, 1.807) is 0 Å². The lowest BCUT2D eigenvalue weighted by molar-refractivity contribution is -0.211. The highest BCUT2D eigenvalue weighted by molar-refractivity contribution is 5.81. The maximum absolute atomic E-state index is 12.2. The summed E-state index contributed by atoms with van der Waals surface area (Å²) >= 11 is 0. The highest BCUT2D eigenvalue weighted by Crippen LogP contribution is 2.34. The van der Waals surface area contributed by atoms with Gasteiger partial charge in [0.2, 0.25) is 6.10 Å². The predicted molar refractivity (Wildman–Crippen MR) is 60.8 cm³/mol. The lowest BCUT2D eigenvalue weighted by atomic mass is 9.75. The molecule has 0 radical (unpaired) electrons. The van der Waals surface area contributed by atoms with Crippen molar-refractivity contribution in [2.75, 3.05) is 13.1 Å². The van der Waals surface area contributed by atoms with Crippen molar-refractivity contribution in [2.45, 2.75) is 45.9 Å². The molecule has 0 bridgehead atoms. The molecule has 1 fully saturated rings. The Morgan fingerprint density at radius 2 is 1.67 bits per heavy atom. The third-order valence-electron chi connectivity index (χ3n) is 3.58. The Labute approximate surface area is 105 Å². The van der Waals surface area contributed by atoms with Gasteiger partial charge in [0.05, 0.1) is 0 Å². The molecule has 0 aliphatic carbocycles. The second kappa shape index (κ2) is 5.07. The Morgan fingerprint density at radius 3 is 2.00 bits per heavy atom. The van der Waals surface area contributed by atoms with Gasteiger partial charge in [0, 0.05) is 13.1 Å². The van der Waals surface area contributed by atoms with Crippen molar-refractivity contribution in [2.24, 2.45) is 11.3 Å². The zero-order valence-electron chi connectivity index (χ0n) is 10.9. The number of hydrogen-bond acceptors (Lipinski definition) is 2. The minimum Gasteiger partial charge on any atom is -0.376 e. The van der Waals surface area contributed by atoms with Gasteiger partial charge in [0.1, 0.15) is 0 Å². The van der Waals surface area contributed by atoms with Gasteiger partial charge in [-0.15, -0.1) is 0 Å². The second-order valence-corrected chi connectivity index (χ2v) is 5.91. The molecule has 0 aromatic heterocycles. The predicted octanol–water partition coefficient (Wildman–Crippen LogP) is 2.19. The zero-order valence-corrected chi connectivity index (χ0v) is 10.9. The molecule has 1 N–H and O–H groups in total. The number of piperidine rings is 1. The number of likely N-dealkylation sites (tertiary alicyclic amines) is 1. The van der Waals surface area contributed by atoms with Crippen LogP contribution in [0.4, 0.5) is 13.2 Å². The number of aliphatic hydroxyl groups excluding tert-OH is 1. The lowest BCUT2D eigenvalue weighted by Gasteiger charge is -2.39. The molecule has 106 valence electrons. The highest BCUT2D eigenvalue weighted by Gasteiger charge is 2.46. The van der Waals surface area contributed by atoms with Gasteiger partial charge in [-0.3, -0.25) is 4.79 Å². The van der Waals surface area contributed by atoms with E-state index in [-0.39, 0.29) is 18.5 Å². The number of amides is 1. The van der Waals surface area contributed by atoms with E-state index in [9.17, 15) is 18.0 Å². The first-order valence-corrected chi connectivity index (χ1v) is 6.07. The van der Waals surface area contributed by atoms with E-state index in [4.69, 9.17) is 5.11 Å². The molecular formula is C12H20F3NO2. The monoisotopic (exact) mass is 267 g/mol. The van der Waals surface area contributed by atoms with Crippen molar-refractivity contribution in [3.63, 3.8) is 0 Å². The number of nitrogens with zero attached hydrogens (tertiary/aromatic N) is 1. The molecule has 1 heterocycles. The highest BCUT2D eigenvalue weighted by atomic mass is 19.4. The van der Waals surface area contributed by atoms with E-state index in [0.29, 0.717) is 18.8 Å². The van der Waals surface area contributed by atoms with E-state index in [1.807, 2.05) is 0 Å². The standard InChI is InChI=1S/C12H20F3NO2/c1-11(2,3)8-4-6-16(7-5-8)10(18)9(17)12(13,14)15/h8-9,17H,4-7H2,1-3H3. The molecule has 1 aliphatic rings. The molecule has 1 unspecified atom stereocenters. The van der Waals surface area contributed by atoms with Crippen LogP contribution in [0.3, 0.4) is 0 Å². The minimum absolute atomic E-state index is 0.0950. The van der Waals surface area contributed by atoms with Gasteiger partial charge in [0.25, 0.3) is 5.91 Å². The zero-order chi connectivity index (χ0) is 14.1. The number of rotatable bonds is 1. The Morgan fingerprint density at radius 1 is 1.22 bits per heavy atom. The van der Waals surface area contributed by atoms with Crippen LogP contribution in [0.1, 0.15) is 33.6 Å². The first kappa shape index (κ1) is 15.3. The van der Waals surface area contributed by atoms with Gasteiger partial charge < -0.3 is 10.0 Å². The van der Waals surface area contributed by atoms with Crippen LogP contribution in [0.5, 0.6) is 0 Å². The summed E-state index contributed by atoms with van der Waals surface area (Å²) in [6.45, 7) is 6.82. The third kappa shape index (κ3) is 3.60. The van der Waals surface area contributed by atoms with Gasteiger partial charge in [-0.05, 0) is 24.2 Å². The van der Waals surface area contributed by atoms with Crippen molar-refractivity contribution < 1.29 is 23.1 Å².